The van der Waals surface area contributed by atoms with E-state index in [2.05, 4.69) is 5.32 Å². The SMILES string of the molecule is COc1ccc(S(=O)(=O)N2CCCC[C@@H]2CC(=O)NCCc2ccccc2)cc1. The Morgan fingerprint density at radius 1 is 1.10 bits per heavy atom. The molecule has 7 heteroatoms. The Labute approximate surface area is 172 Å². The molecule has 1 aliphatic heterocycles. The van der Waals surface area contributed by atoms with Crippen molar-refractivity contribution < 1.29 is 17.9 Å². The number of carbonyl (C=O) groups is 1. The van der Waals surface area contributed by atoms with Gasteiger partial charge in [0.25, 0.3) is 0 Å². The maximum absolute atomic E-state index is 13.1. The van der Waals surface area contributed by atoms with Gasteiger partial charge >= 0.3 is 0 Å². The van der Waals surface area contributed by atoms with E-state index in [1.54, 1.807) is 31.4 Å². The molecule has 6 nitrogen and oxygen atoms in total. The van der Waals surface area contributed by atoms with Crippen molar-refractivity contribution in [2.24, 2.45) is 0 Å². The molecule has 0 spiro atoms. The number of nitrogens with zero attached hydrogens (tertiary/aromatic N) is 1. The zero-order valence-corrected chi connectivity index (χ0v) is 17.5. The topological polar surface area (TPSA) is 75.7 Å². The number of ether oxygens (including phenoxy) is 1. The van der Waals surface area contributed by atoms with Crippen LogP contribution in [-0.2, 0) is 21.2 Å². The third kappa shape index (κ3) is 5.58. The highest BCUT2D eigenvalue weighted by Crippen LogP contribution is 2.28. The van der Waals surface area contributed by atoms with Gasteiger partial charge in [0.05, 0.1) is 12.0 Å². The first-order chi connectivity index (χ1) is 14.0. The summed E-state index contributed by atoms with van der Waals surface area (Å²) in [7, 11) is -2.11. The highest BCUT2D eigenvalue weighted by atomic mass is 32.2. The minimum Gasteiger partial charge on any atom is -0.497 e. The summed E-state index contributed by atoms with van der Waals surface area (Å²) in [5.74, 6) is 0.500. The van der Waals surface area contributed by atoms with E-state index in [0.29, 0.717) is 25.3 Å². The number of benzene rings is 2. The third-order valence-electron chi connectivity index (χ3n) is 5.24. The second-order valence-corrected chi connectivity index (χ2v) is 9.12. The van der Waals surface area contributed by atoms with Gasteiger partial charge in [-0.2, -0.15) is 4.31 Å². The van der Waals surface area contributed by atoms with Crippen LogP contribution in [0.3, 0.4) is 0 Å². The van der Waals surface area contributed by atoms with Gasteiger partial charge in [-0.05, 0) is 49.1 Å². The standard InChI is InChI=1S/C22H28N2O4S/c1-28-20-10-12-21(13-11-20)29(26,27)24-16-6-5-9-19(24)17-22(25)23-15-14-18-7-3-2-4-8-18/h2-4,7-8,10-13,19H,5-6,9,14-17H2,1H3,(H,23,25)/t19-/m1/s1. The Morgan fingerprint density at radius 3 is 2.52 bits per heavy atom. The molecule has 1 N–H and O–H groups in total. The molecule has 29 heavy (non-hydrogen) atoms. The van der Waals surface area contributed by atoms with Gasteiger partial charge in [0.15, 0.2) is 0 Å². The van der Waals surface area contributed by atoms with Crippen molar-refractivity contribution in [3.8, 4) is 5.75 Å². The summed E-state index contributed by atoms with van der Waals surface area (Å²) >= 11 is 0. The van der Waals surface area contributed by atoms with Crippen molar-refractivity contribution in [1.29, 1.82) is 0 Å². The lowest BCUT2D eigenvalue weighted by Gasteiger charge is -2.34. The van der Waals surface area contributed by atoms with Crippen molar-refractivity contribution in [1.82, 2.24) is 9.62 Å². The number of hydrogen-bond acceptors (Lipinski definition) is 4. The predicted molar refractivity (Wildman–Crippen MR) is 112 cm³/mol. The van der Waals surface area contributed by atoms with E-state index < -0.39 is 10.0 Å². The summed E-state index contributed by atoms with van der Waals surface area (Å²) in [6.45, 7) is 0.983. The van der Waals surface area contributed by atoms with Crippen LogP contribution >= 0.6 is 0 Å². The summed E-state index contributed by atoms with van der Waals surface area (Å²) in [6.07, 6.45) is 3.37. The summed E-state index contributed by atoms with van der Waals surface area (Å²) in [4.78, 5) is 12.7. The van der Waals surface area contributed by atoms with E-state index in [4.69, 9.17) is 4.74 Å². The molecule has 0 aromatic heterocycles. The number of methoxy groups -OCH3 is 1. The zero-order chi connectivity index (χ0) is 20.7. The minimum absolute atomic E-state index is 0.109. The first-order valence-corrected chi connectivity index (χ1v) is 11.4. The van der Waals surface area contributed by atoms with Crippen LogP contribution in [-0.4, -0.2) is 44.9 Å². The highest BCUT2D eigenvalue weighted by Gasteiger charge is 2.34. The number of sulfonamides is 1. The third-order valence-corrected chi connectivity index (χ3v) is 7.20. The Balaban J connectivity index is 1.61. The van der Waals surface area contributed by atoms with Crippen LogP contribution < -0.4 is 10.1 Å². The Hall–Kier alpha value is -2.38. The summed E-state index contributed by atoms with van der Waals surface area (Å²) in [6, 6.07) is 16.0. The first kappa shape index (κ1) is 21.3. The van der Waals surface area contributed by atoms with Gasteiger partial charge in [0.2, 0.25) is 15.9 Å². The van der Waals surface area contributed by atoms with Crippen molar-refractivity contribution in [2.75, 3.05) is 20.2 Å². The van der Waals surface area contributed by atoms with Crippen LogP contribution in [0.15, 0.2) is 59.5 Å². The lowest BCUT2D eigenvalue weighted by molar-refractivity contribution is -0.122. The second kappa shape index (κ2) is 9.89. The Bertz CT molecular complexity index is 898. The normalized spacial score (nSPS) is 17.6. The van der Waals surface area contributed by atoms with E-state index in [-0.39, 0.29) is 23.3 Å². The van der Waals surface area contributed by atoms with Crippen LogP contribution in [0.5, 0.6) is 5.75 Å². The van der Waals surface area contributed by atoms with Gasteiger partial charge in [-0.3, -0.25) is 4.79 Å². The van der Waals surface area contributed by atoms with Crippen molar-refractivity contribution in [3.63, 3.8) is 0 Å². The fourth-order valence-corrected chi connectivity index (χ4v) is 5.35. The average molecular weight is 417 g/mol. The Morgan fingerprint density at radius 2 is 1.83 bits per heavy atom. The molecule has 1 atom stereocenters. The van der Waals surface area contributed by atoms with Crippen LogP contribution in [0.4, 0.5) is 0 Å². The first-order valence-electron chi connectivity index (χ1n) is 9.97. The molecule has 1 heterocycles. The summed E-state index contributed by atoms with van der Waals surface area (Å²) < 4.78 is 32.9. The number of piperidine rings is 1. The fraction of sp³-hybridized carbons (Fsp3) is 0.409. The molecule has 1 saturated heterocycles. The van der Waals surface area contributed by atoms with E-state index in [1.807, 2.05) is 30.3 Å². The van der Waals surface area contributed by atoms with Crippen LogP contribution in [0, 0.1) is 0 Å². The van der Waals surface area contributed by atoms with E-state index in [9.17, 15) is 13.2 Å². The van der Waals surface area contributed by atoms with Gasteiger partial charge in [-0.1, -0.05) is 36.8 Å². The molecular formula is C22H28N2O4S. The molecule has 3 rings (SSSR count). The summed E-state index contributed by atoms with van der Waals surface area (Å²) in [5.41, 5.74) is 1.16. The molecule has 156 valence electrons. The lowest BCUT2D eigenvalue weighted by atomic mass is 10.0. The maximum Gasteiger partial charge on any atom is 0.243 e. The van der Waals surface area contributed by atoms with E-state index >= 15 is 0 Å². The van der Waals surface area contributed by atoms with Crippen LogP contribution in [0.2, 0.25) is 0 Å². The smallest absolute Gasteiger partial charge is 0.243 e. The van der Waals surface area contributed by atoms with Gasteiger partial charge < -0.3 is 10.1 Å². The molecule has 1 aliphatic rings. The number of amides is 1. The highest BCUT2D eigenvalue weighted by molar-refractivity contribution is 7.89. The molecule has 1 amide bonds. The molecule has 1 fully saturated rings. The fourth-order valence-electron chi connectivity index (χ4n) is 3.65. The molecule has 2 aromatic carbocycles. The lowest BCUT2D eigenvalue weighted by Crippen LogP contribution is -2.46. The molecular weight excluding hydrogens is 388 g/mol. The van der Waals surface area contributed by atoms with Crippen molar-refractivity contribution >= 4 is 15.9 Å². The largest absolute Gasteiger partial charge is 0.497 e. The average Bonchev–Trinajstić information content (AvgIpc) is 2.75. The van der Waals surface area contributed by atoms with Gasteiger partial charge in [-0.25, -0.2) is 8.42 Å². The summed E-state index contributed by atoms with van der Waals surface area (Å²) in [5, 5.41) is 2.93. The molecule has 2 aromatic rings. The molecule has 0 saturated carbocycles. The number of rotatable bonds is 8. The van der Waals surface area contributed by atoms with E-state index in [1.165, 1.54) is 4.31 Å². The number of hydrogen-bond donors (Lipinski definition) is 1. The molecule has 0 aliphatic carbocycles. The number of nitrogens with one attached hydrogen (secondary N) is 1. The van der Waals surface area contributed by atoms with Crippen LogP contribution in [0.1, 0.15) is 31.2 Å². The van der Waals surface area contributed by atoms with E-state index in [0.717, 1.165) is 24.8 Å². The second-order valence-electron chi connectivity index (χ2n) is 7.23. The van der Waals surface area contributed by atoms with Gasteiger partial charge in [-0.15, -0.1) is 0 Å². The predicted octanol–water partition coefficient (Wildman–Crippen LogP) is 2.99. The maximum atomic E-state index is 13.1. The molecule has 0 radical (unpaired) electrons. The van der Waals surface area contributed by atoms with Crippen molar-refractivity contribution in [2.45, 2.75) is 43.0 Å². The monoisotopic (exact) mass is 416 g/mol. The van der Waals surface area contributed by atoms with Crippen molar-refractivity contribution in [3.05, 3.63) is 60.2 Å². The zero-order valence-electron chi connectivity index (χ0n) is 16.7. The quantitative estimate of drug-likeness (QED) is 0.718. The molecule has 0 unspecified atom stereocenters. The van der Waals surface area contributed by atoms with Gasteiger partial charge in [0, 0.05) is 25.6 Å². The minimum atomic E-state index is -3.65. The van der Waals surface area contributed by atoms with Gasteiger partial charge in [0.1, 0.15) is 5.75 Å². The number of carbonyl (C=O) groups excluding carboxylic acids is 1. The molecule has 0 bridgehead atoms. The van der Waals surface area contributed by atoms with Crippen LogP contribution in [0.25, 0.3) is 0 Å². The Kier molecular flexibility index (Phi) is 7.28.